The highest BCUT2D eigenvalue weighted by Crippen LogP contribution is 2.20. The van der Waals surface area contributed by atoms with Crippen molar-refractivity contribution in [1.82, 2.24) is 5.32 Å². The summed E-state index contributed by atoms with van der Waals surface area (Å²) in [6.07, 6.45) is 10.6. The summed E-state index contributed by atoms with van der Waals surface area (Å²) in [7, 11) is 3.85. The molecule has 0 atom stereocenters. The normalized spacial score (nSPS) is 11.6. The lowest BCUT2D eigenvalue weighted by Crippen LogP contribution is -2.21. The van der Waals surface area contributed by atoms with Gasteiger partial charge in [0.05, 0.1) is 5.69 Å². The topological polar surface area (TPSA) is 30.9 Å². The van der Waals surface area contributed by atoms with E-state index in [4.69, 9.17) is 0 Å². The molecule has 0 spiro atoms. The maximum absolute atomic E-state index is 4.43. The van der Waals surface area contributed by atoms with Crippen molar-refractivity contribution in [3.05, 3.63) is 48.7 Å². The van der Waals surface area contributed by atoms with Crippen LogP contribution in [0.3, 0.4) is 0 Å². The van der Waals surface area contributed by atoms with Gasteiger partial charge in [-0.15, -0.1) is 0 Å². The first-order valence-electron chi connectivity index (χ1n) is 7.83. The fourth-order valence-corrected chi connectivity index (χ4v) is 2.07. The Hall–Kier alpha value is -2.23. The molecule has 0 aromatic heterocycles. The van der Waals surface area contributed by atoms with E-state index in [1.54, 1.807) is 0 Å². The highest BCUT2D eigenvalue weighted by molar-refractivity contribution is 5.63. The van der Waals surface area contributed by atoms with E-state index in [-0.39, 0.29) is 0 Å². The highest BCUT2D eigenvalue weighted by Gasteiger charge is 2.02. The lowest BCUT2D eigenvalue weighted by atomic mass is 10.2. The van der Waals surface area contributed by atoms with E-state index in [1.807, 2.05) is 43.7 Å². The number of anilines is 2. The van der Waals surface area contributed by atoms with Crippen LogP contribution in [0.15, 0.2) is 53.8 Å². The first kappa shape index (κ1) is 17.8. The number of rotatable bonds is 9. The zero-order valence-electron chi connectivity index (χ0n) is 14.2. The third kappa shape index (κ3) is 6.04. The van der Waals surface area contributed by atoms with E-state index in [0.717, 1.165) is 25.2 Å². The van der Waals surface area contributed by atoms with E-state index in [0.29, 0.717) is 0 Å². The Morgan fingerprint density at radius 2 is 1.68 bits per heavy atom. The minimum Gasteiger partial charge on any atom is -0.394 e. The summed E-state index contributed by atoms with van der Waals surface area (Å²) in [6.45, 7) is 6.40. The fraction of sp³-hybridized carbons (Fsp3) is 0.389. The lowest BCUT2D eigenvalue weighted by Gasteiger charge is -2.22. The van der Waals surface area contributed by atoms with Gasteiger partial charge in [0.2, 0.25) is 0 Å². The van der Waals surface area contributed by atoms with Crippen molar-refractivity contribution in [2.24, 2.45) is 5.10 Å². The van der Waals surface area contributed by atoms with Crippen LogP contribution in [0.2, 0.25) is 0 Å². The molecule has 22 heavy (non-hydrogen) atoms. The van der Waals surface area contributed by atoms with Crippen LogP contribution in [0.4, 0.5) is 11.4 Å². The van der Waals surface area contributed by atoms with Gasteiger partial charge in [-0.05, 0) is 50.4 Å². The van der Waals surface area contributed by atoms with Gasteiger partial charge in [-0.3, -0.25) is 5.01 Å². The second kappa shape index (κ2) is 10.5. The zero-order chi connectivity index (χ0) is 16.2. The van der Waals surface area contributed by atoms with E-state index in [1.165, 1.54) is 5.69 Å². The second-order valence-corrected chi connectivity index (χ2v) is 4.82. The summed E-state index contributed by atoms with van der Waals surface area (Å²) in [5, 5.41) is 9.26. The van der Waals surface area contributed by atoms with Crippen molar-refractivity contribution in [1.29, 1.82) is 0 Å². The summed E-state index contributed by atoms with van der Waals surface area (Å²) in [6, 6.07) is 8.51. The van der Waals surface area contributed by atoms with Gasteiger partial charge in [-0.25, -0.2) is 0 Å². The number of hydrogen-bond donors (Lipinski definition) is 1. The van der Waals surface area contributed by atoms with Crippen LogP contribution in [0.1, 0.15) is 20.3 Å². The largest absolute Gasteiger partial charge is 0.394 e. The molecule has 4 heteroatoms. The molecule has 1 aromatic carbocycles. The Balaban J connectivity index is 2.53. The predicted molar refractivity (Wildman–Crippen MR) is 98.9 cm³/mol. The van der Waals surface area contributed by atoms with Crippen molar-refractivity contribution in [3.63, 3.8) is 0 Å². The Morgan fingerprint density at radius 3 is 2.27 bits per heavy atom. The van der Waals surface area contributed by atoms with E-state index >= 15 is 0 Å². The Labute approximate surface area is 134 Å². The summed E-state index contributed by atoms with van der Waals surface area (Å²) >= 11 is 0. The highest BCUT2D eigenvalue weighted by atomic mass is 15.4. The Kier molecular flexibility index (Phi) is 8.50. The van der Waals surface area contributed by atoms with Gasteiger partial charge in [0.25, 0.3) is 0 Å². The summed E-state index contributed by atoms with van der Waals surface area (Å²) in [5.74, 6) is 0. The monoisotopic (exact) mass is 300 g/mol. The van der Waals surface area contributed by atoms with Gasteiger partial charge < -0.3 is 10.2 Å². The van der Waals surface area contributed by atoms with Crippen molar-refractivity contribution in [3.8, 4) is 0 Å². The molecule has 1 rings (SSSR count). The van der Waals surface area contributed by atoms with Crippen LogP contribution in [0.5, 0.6) is 0 Å². The maximum atomic E-state index is 4.43. The van der Waals surface area contributed by atoms with Gasteiger partial charge in [-0.1, -0.05) is 12.2 Å². The summed E-state index contributed by atoms with van der Waals surface area (Å²) in [4.78, 5) is 2.33. The molecular weight excluding hydrogens is 272 g/mol. The Bertz CT molecular complexity index is 484. The molecule has 120 valence electrons. The molecule has 0 aliphatic rings. The molecule has 0 saturated carbocycles. The van der Waals surface area contributed by atoms with Crippen LogP contribution in [-0.2, 0) is 0 Å². The Morgan fingerprint density at radius 1 is 1.05 bits per heavy atom. The molecule has 0 heterocycles. The lowest BCUT2D eigenvalue weighted by molar-refractivity contribution is 0.866. The summed E-state index contributed by atoms with van der Waals surface area (Å²) in [5.41, 5.74) is 2.34. The molecule has 0 radical (unpaired) electrons. The van der Waals surface area contributed by atoms with Gasteiger partial charge in [0, 0.05) is 45.5 Å². The van der Waals surface area contributed by atoms with Crippen LogP contribution >= 0.6 is 0 Å². The standard InChI is InChI=1S/C18H28N4/c1-5-22(6-2)18-13-11-17(12-14-18)21(4)20-16-10-8-7-9-15-19-3/h7-9,11-16,19H,5-6,10H2,1-4H3/b8-7-,15-9-,20-16+. The number of hydrogen-bond acceptors (Lipinski definition) is 4. The van der Waals surface area contributed by atoms with Crippen molar-refractivity contribution in [2.75, 3.05) is 37.1 Å². The number of nitrogens with zero attached hydrogens (tertiary/aromatic N) is 3. The maximum Gasteiger partial charge on any atom is 0.0591 e. The van der Waals surface area contributed by atoms with Crippen molar-refractivity contribution < 1.29 is 0 Å². The average Bonchev–Trinajstić information content (AvgIpc) is 2.55. The molecule has 0 bridgehead atoms. The zero-order valence-corrected chi connectivity index (χ0v) is 14.2. The first-order chi connectivity index (χ1) is 10.7. The minimum absolute atomic E-state index is 0.815. The van der Waals surface area contributed by atoms with Gasteiger partial charge in [0.1, 0.15) is 0 Å². The molecule has 1 aromatic rings. The van der Waals surface area contributed by atoms with Crippen LogP contribution in [-0.4, -0.2) is 33.4 Å². The third-order valence-electron chi connectivity index (χ3n) is 3.36. The molecular formula is C18H28N4. The number of benzene rings is 1. The van der Waals surface area contributed by atoms with Gasteiger partial charge >= 0.3 is 0 Å². The molecule has 0 aliphatic carbocycles. The smallest absolute Gasteiger partial charge is 0.0591 e. The van der Waals surface area contributed by atoms with Crippen molar-refractivity contribution in [2.45, 2.75) is 20.3 Å². The molecule has 4 nitrogen and oxygen atoms in total. The van der Waals surface area contributed by atoms with E-state index in [2.05, 4.69) is 59.5 Å². The summed E-state index contributed by atoms with van der Waals surface area (Å²) < 4.78 is 0. The van der Waals surface area contributed by atoms with Crippen LogP contribution < -0.4 is 15.2 Å². The predicted octanol–water partition coefficient (Wildman–Crippen LogP) is 3.63. The van der Waals surface area contributed by atoms with Crippen LogP contribution in [0.25, 0.3) is 0 Å². The molecule has 1 N–H and O–H groups in total. The molecule has 0 fully saturated rings. The average molecular weight is 300 g/mol. The minimum atomic E-state index is 0.815. The van der Waals surface area contributed by atoms with Crippen LogP contribution in [0, 0.1) is 0 Å². The quantitative estimate of drug-likeness (QED) is 0.429. The second-order valence-electron chi connectivity index (χ2n) is 4.82. The molecule has 0 unspecified atom stereocenters. The number of allylic oxidation sites excluding steroid dienone is 3. The third-order valence-corrected chi connectivity index (χ3v) is 3.36. The number of nitrogens with one attached hydrogen (secondary N) is 1. The van der Waals surface area contributed by atoms with E-state index < -0.39 is 0 Å². The first-order valence-corrected chi connectivity index (χ1v) is 7.83. The molecule has 0 amide bonds. The van der Waals surface area contributed by atoms with Gasteiger partial charge in [-0.2, -0.15) is 5.10 Å². The SMILES string of the molecule is CCN(CC)c1ccc(N(C)/N=C/C/C=C\C=C/NC)cc1. The van der Waals surface area contributed by atoms with Gasteiger partial charge in [0.15, 0.2) is 0 Å². The molecule has 0 aliphatic heterocycles. The van der Waals surface area contributed by atoms with E-state index in [9.17, 15) is 0 Å². The molecule has 0 saturated heterocycles. The number of hydrazone groups is 1. The fourth-order valence-electron chi connectivity index (χ4n) is 2.07. The van der Waals surface area contributed by atoms with Crippen molar-refractivity contribution >= 4 is 17.6 Å².